The van der Waals surface area contributed by atoms with Crippen LogP contribution in [0.15, 0.2) is 30.5 Å². The van der Waals surface area contributed by atoms with Crippen LogP contribution in [0.4, 0.5) is 13.2 Å². The summed E-state index contributed by atoms with van der Waals surface area (Å²) in [5.74, 6) is -0.339. The van der Waals surface area contributed by atoms with Crippen LogP contribution in [0.25, 0.3) is 10.9 Å². The van der Waals surface area contributed by atoms with Gasteiger partial charge in [0.15, 0.2) is 12.0 Å². The minimum atomic E-state index is -4.76. The van der Waals surface area contributed by atoms with Gasteiger partial charge in [-0.3, -0.25) is 0 Å². The van der Waals surface area contributed by atoms with Crippen molar-refractivity contribution in [2.75, 3.05) is 0 Å². The van der Waals surface area contributed by atoms with E-state index in [1.807, 2.05) is 0 Å². The quantitative estimate of drug-likeness (QED) is 0.879. The number of aliphatic hydroxyl groups is 1. The molecule has 0 saturated heterocycles. The second-order valence-corrected chi connectivity index (χ2v) is 3.47. The molecular formula is C11H9F3NO2. The normalized spacial score (nSPS) is 12.4. The van der Waals surface area contributed by atoms with E-state index in [0.29, 0.717) is 5.39 Å². The van der Waals surface area contributed by atoms with Gasteiger partial charge in [-0.05, 0) is 19.1 Å². The number of nitrogens with zero attached hydrogens (tertiary/aromatic N) is 1. The Hall–Kier alpha value is -1.69. The Bertz CT molecular complexity index is 531. The average Bonchev–Trinajstić information content (AvgIpc) is 2.59. The predicted molar refractivity (Wildman–Crippen MR) is 54.9 cm³/mol. The molecule has 6 heteroatoms. The first-order chi connectivity index (χ1) is 7.88. The number of para-hydroxylation sites is 1. The Morgan fingerprint density at radius 2 is 2.00 bits per heavy atom. The van der Waals surface area contributed by atoms with E-state index in [0.717, 1.165) is 0 Å². The highest BCUT2D eigenvalue weighted by Gasteiger charge is 2.32. The first kappa shape index (κ1) is 11.8. The van der Waals surface area contributed by atoms with Gasteiger partial charge in [0, 0.05) is 11.6 Å². The summed E-state index contributed by atoms with van der Waals surface area (Å²) in [6.07, 6.45) is -3.41. The zero-order valence-electron chi connectivity index (χ0n) is 8.82. The summed E-state index contributed by atoms with van der Waals surface area (Å²) in [5, 5.41) is 9.93. The minimum absolute atomic E-state index is 0.127. The van der Waals surface area contributed by atoms with Crippen LogP contribution in [0.2, 0.25) is 0 Å². The molecule has 0 bridgehead atoms. The second-order valence-electron chi connectivity index (χ2n) is 3.47. The van der Waals surface area contributed by atoms with Crippen molar-refractivity contribution >= 4 is 10.9 Å². The van der Waals surface area contributed by atoms with Gasteiger partial charge in [0.2, 0.25) is 0 Å². The minimum Gasteiger partial charge on any atom is -0.404 e. The summed E-state index contributed by atoms with van der Waals surface area (Å²) >= 11 is 0. The smallest absolute Gasteiger partial charge is 0.404 e. The number of aromatic nitrogens is 1. The van der Waals surface area contributed by atoms with Gasteiger partial charge in [0.25, 0.3) is 0 Å². The van der Waals surface area contributed by atoms with Crippen molar-refractivity contribution in [2.45, 2.75) is 13.3 Å². The fourth-order valence-electron chi connectivity index (χ4n) is 1.64. The van der Waals surface area contributed by atoms with Crippen molar-refractivity contribution in [3.05, 3.63) is 36.7 Å². The molecule has 0 unspecified atom stereocenters. The second kappa shape index (κ2) is 3.96. The lowest BCUT2D eigenvalue weighted by molar-refractivity contribution is -0.274. The maximum atomic E-state index is 12.2. The molecule has 0 atom stereocenters. The lowest BCUT2D eigenvalue weighted by atomic mass is 10.2. The zero-order valence-corrected chi connectivity index (χ0v) is 8.82. The first-order valence-electron chi connectivity index (χ1n) is 4.77. The van der Waals surface area contributed by atoms with Crippen LogP contribution in [0.5, 0.6) is 5.75 Å². The fourth-order valence-corrected chi connectivity index (χ4v) is 1.64. The maximum Gasteiger partial charge on any atom is 0.573 e. The van der Waals surface area contributed by atoms with Crippen LogP contribution in [0.1, 0.15) is 6.92 Å². The summed E-state index contributed by atoms with van der Waals surface area (Å²) in [6, 6.07) is 5.89. The highest BCUT2D eigenvalue weighted by atomic mass is 19.4. The van der Waals surface area contributed by atoms with E-state index in [1.54, 1.807) is 12.1 Å². The van der Waals surface area contributed by atoms with Crippen LogP contribution < -0.4 is 4.74 Å². The fraction of sp³-hybridized carbons (Fsp3) is 0.182. The van der Waals surface area contributed by atoms with Crippen LogP contribution in [-0.2, 0) is 0 Å². The number of hydrogen-bond donors (Lipinski definition) is 1. The van der Waals surface area contributed by atoms with Crippen molar-refractivity contribution in [3.8, 4) is 5.75 Å². The monoisotopic (exact) mass is 244 g/mol. The Balaban J connectivity index is 2.58. The first-order valence-corrected chi connectivity index (χ1v) is 4.77. The molecule has 1 aromatic carbocycles. The highest BCUT2D eigenvalue weighted by Crippen LogP contribution is 2.32. The van der Waals surface area contributed by atoms with Gasteiger partial charge in [-0.15, -0.1) is 13.2 Å². The maximum absolute atomic E-state index is 12.2. The van der Waals surface area contributed by atoms with Crippen molar-refractivity contribution in [1.29, 1.82) is 0 Å². The molecule has 1 radical (unpaired) electrons. The van der Waals surface area contributed by atoms with Crippen molar-refractivity contribution in [3.63, 3.8) is 0 Å². The van der Waals surface area contributed by atoms with E-state index in [1.165, 1.54) is 29.8 Å². The molecule has 0 spiro atoms. The third-order valence-electron chi connectivity index (χ3n) is 2.25. The van der Waals surface area contributed by atoms with E-state index >= 15 is 0 Å². The Morgan fingerprint density at radius 1 is 1.29 bits per heavy atom. The van der Waals surface area contributed by atoms with Crippen LogP contribution in [0, 0.1) is 6.23 Å². The zero-order chi connectivity index (χ0) is 12.6. The third-order valence-corrected chi connectivity index (χ3v) is 2.25. The van der Waals surface area contributed by atoms with Gasteiger partial charge in [-0.2, -0.15) is 0 Å². The van der Waals surface area contributed by atoms with Gasteiger partial charge < -0.3 is 14.4 Å². The van der Waals surface area contributed by atoms with Crippen molar-refractivity contribution in [1.82, 2.24) is 4.57 Å². The standard InChI is InChI=1S/C11H9F3NO2/c1-7(16)15-6-5-8-3-2-4-9(10(8)15)17-11(12,13)14/h2-6,16H,1H3. The lowest BCUT2D eigenvalue weighted by Gasteiger charge is -2.13. The number of fused-ring (bicyclic) bond motifs is 1. The Kier molecular flexibility index (Phi) is 2.74. The SMILES string of the molecule is C[C](O)n1ccc2cccc(OC(F)(F)F)c21. The number of ether oxygens (including phenoxy) is 1. The Morgan fingerprint density at radius 3 is 2.59 bits per heavy atom. The molecule has 0 saturated carbocycles. The largest absolute Gasteiger partial charge is 0.573 e. The molecule has 2 rings (SSSR count). The van der Waals surface area contributed by atoms with Crippen LogP contribution in [-0.4, -0.2) is 16.0 Å². The highest BCUT2D eigenvalue weighted by molar-refractivity contribution is 5.86. The van der Waals surface area contributed by atoms with E-state index in [-0.39, 0.29) is 17.5 Å². The van der Waals surface area contributed by atoms with Crippen LogP contribution in [0.3, 0.4) is 0 Å². The summed E-state index contributed by atoms with van der Waals surface area (Å²) in [5.41, 5.74) is 0.185. The average molecular weight is 244 g/mol. The number of benzene rings is 1. The lowest BCUT2D eigenvalue weighted by Crippen LogP contribution is -2.18. The molecule has 0 aliphatic heterocycles. The summed E-state index contributed by atoms with van der Waals surface area (Å²) < 4.78 is 41.8. The van der Waals surface area contributed by atoms with E-state index in [9.17, 15) is 18.3 Å². The summed E-state index contributed by atoms with van der Waals surface area (Å²) in [6.45, 7) is 1.38. The molecule has 3 nitrogen and oxygen atoms in total. The molecule has 17 heavy (non-hydrogen) atoms. The molecule has 0 fully saturated rings. The molecular weight excluding hydrogens is 235 g/mol. The van der Waals surface area contributed by atoms with Gasteiger partial charge >= 0.3 is 6.36 Å². The number of halogens is 3. The van der Waals surface area contributed by atoms with Gasteiger partial charge in [0.05, 0.1) is 5.52 Å². The number of hydrogen-bond acceptors (Lipinski definition) is 2. The summed E-state index contributed by atoms with van der Waals surface area (Å²) in [4.78, 5) is 0. The van der Waals surface area contributed by atoms with E-state index in [4.69, 9.17) is 0 Å². The number of alkyl halides is 3. The molecule has 91 valence electrons. The molecule has 0 aliphatic rings. The molecule has 1 heterocycles. The predicted octanol–water partition coefficient (Wildman–Crippen LogP) is 3.27. The Labute approximate surface area is 95.0 Å². The van der Waals surface area contributed by atoms with Crippen LogP contribution >= 0.6 is 0 Å². The third kappa shape index (κ3) is 2.36. The molecule has 1 N–H and O–H groups in total. The van der Waals surface area contributed by atoms with Gasteiger partial charge in [-0.1, -0.05) is 12.1 Å². The van der Waals surface area contributed by atoms with Gasteiger partial charge in [0.1, 0.15) is 0 Å². The van der Waals surface area contributed by atoms with Crippen molar-refractivity contribution in [2.24, 2.45) is 0 Å². The van der Waals surface area contributed by atoms with Gasteiger partial charge in [-0.25, -0.2) is 0 Å². The van der Waals surface area contributed by atoms with E-state index in [2.05, 4.69) is 4.74 Å². The molecule has 1 aromatic heterocycles. The van der Waals surface area contributed by atoms with Crippen molar-refractivity contribution < 1.29 is 23.0 Å². The molecule has 2 aromatic rings. The summed E-state index contributed by atoms with van der Waals surface area (Å²) in [7, 11) is 0. The van der Waals surface area contributed by atoms with E-state index < -0.39 is 6.36 Å². The number of rotatable bonds is 2. The number of aliphatic hydroxyl groups excluding tert-OH is 1. The molecule has 0 amide bonds. The topological polar surface area (TPSA) is 34.4 Å². The molecule has 0 aliphatic carbocycles.